The molecule has 0 atom stereocenters. The van der Waals surface area contributed by atoms with Gasteiger partial charge in [-0.05, 0) is 11.6 Å². The highest BCUT2D eigenvalue weighted by atomic mass is 32.2. The van der Waals surface area contributed by atoms with Crippen molar-refractivity contribution in [2.45, 2.75) is 0 Å². The molecule has 0 unspecified atom stereocenters. The molecular weight excluding hydrogens is 212 g/mol. The Morgan fingerprint density at radius 1 is 1.27 bits per heavy atom. The quantitative estimate of drug-likeness (QED) is 0.764. The number of rotatable bonds is 2. The number of ether oxygens (including phenoxy) is 1. The van der Waals surface area contributed by atoms with Gasteiger partial charge in [0.2, 0.25) is 0 Å². The summed E-state index contributed by atoms with van der Waals surface area (Å²) in [6.45, 7) is 0. The number of hydrogen-bond donors (Lipinski definition) is 0. The van der Waals surface area contributed by atoms with E-state index >= 15 is 0 Å². The first kappa shape index (κ1) is 10.2. The topological polar surface area (TPSA) is 43.4 Å². The summed E-state index contributed by atoms with van der Waals surface area (Å²) in [6.07, 6.45) is 1.76. The van der Waals surface area contributed by atoms with Crippen LogP contribution >= 0.6 is 0 Å². The van der Waals surface area contributed by atoms with E-state index in [1.54, 1.807) is 13.2 Å². The second-order valence-corrected chi connectivity index (χ2v) is 5.59. The highest BCUT2D eigenvalue weighted by Crippen LogP contribution is 2.29. The highest BCUT2D eigenvalue weighted by molar-refractivity contribution is 7.92. The van der Waals surface area contributed by atoms with Gasteiger partial charge in [-0.25, -0.2) is 8.42 Å². The normalized spacial score (nSPS) is 18.6. The Morgan fingerprint density at radius 2 is 2.00 bits per heavy atom. The lowest BCUT2D eigenvalue weighted by Crippen LogP contribution is -2.03. The summed E-state index contributed by atoms with van der Waals surface area (Å²) in [6, 6.07) is 7.46. The van der Waals surface area contributed by atoms with Gasteiger partial charge < -0.3 is 4.74 Å². The maximum absolute atomic E-state index is 11.3. The number of methoxy groups -OCH3 is 1. The molecule has 15 heavy (non-hydrogen) atoms. The van der Waals surface area contributed by atoms with Crippen LogP contribution in [0.5, 0.6) is 5.75 Å². The minimum Gasteiger partial charge on any atom is -0.496 e. The minimum atomic E-state index is -2.92. The van der Waals surface area contributed by atoms with Crippen LogP contribution in [0.3, 0.4) is 0 Å². The largest absolute Gasteiger partial charge is 0.496 e. The lowest BCUT2D eigenvalue weighted by molar-refractivity contribution is 0.413. The van der Waals surface area contributed by atoms with E-state index < -0.39 is 9.84 Å². The first-order valence-electron chi connectivity index (χ1n) is 4.65. The van der Waals surface area contributed by atoms with Crippen LogP contribution in [0.15, 0.2) is 30.3 Å². The van der Waals surface area contributed by atoms with Crippen LogP contribution in [0.25, 0.3) is 5.57 Å². The standard InChI is InChI=1S/C11H12O3S/c1-14-11-5-3-2-4-10(11)9-6-7-15(12,13)8-9/h2-6H,7-8H2,1H3. The molecule has 0 fully saturated rings. The van der Waals surface area contributed by atoms with Crippen molar-refractivity contribution >= 4 is 15.4 Å². The van der Waals surface area contributed by atoms with Crippen molar-refractivity contribution in [1.29, 1.82) is 0 Å². The fourth-order valence-electron chi connectivity index (χ4n) is 1.68. The van der Waals surface area contributed by atoms with E-state index in [0.29, 0.717) is 0 Å². The van der Waals surface area contributed by atoms with Crippen LogP contribution in [0, 0.1) is 0 Å². The molecule has 80 valence electrons. The SMILES string of the molecule is COc1ccccc1C1=CCS(=O)(=O)C1. The molecule has 0 N–H and O–H groups in total. The van der Waals surface area contributed by atoms with E-state index in [1.807, 2.05) is 24.3 Å². The summed E-state index contributed by atoms with van der Waals surface area (Å²) < 4.78 is 27.8. The van der Waals surface area contributed by atoms with Gasteiger partial charge in [0.15, 0.2) is 9.84 Å². The zero-order valence-electron chi connectivity index (χ0n) is 8.43. The Labute approximate surface area is 89.3 Å². The highest BCUT2D eigenvalue weighted by Gasteiger charge is 2.22. The third-order valence-corrected chi connectivity index (χ3v) is 3.84. The van der Waals surface area contributed by atoms with E-state index in [0.717, 1.165) is 16.9 Å². The first-order chi connectivity index (χ1) is 7.12. The van der Waals surface area contributed by atoms with Crippen molar-refractivity contribution in [3.05, 3.63) is 35.9 Å². The molecule has 4 heteroatoms. The van der Waals surface area contributed by atoms with Crippen LogP contribution < -0.4 is 4.74 Å². The summed E-state index contributed by atoms with van der Waals surface area (Å²) in [5, 5.41) is 0. The van der Waals surface area contributed by atoms with Gasteiger partial charge in [0.1, 0.15) is 5.75 Å². The van der Waals surface area contributed by atoms with Gasteiger partial charge >= 0.3 is 0 Å². The molecule has 1 aromatic carbocycles. The summed E-state index contributed by atoms with van der Waals surface area (Å²) >= 11 is 0. The van der Waals surface area contributed by atoms with E-state index in [-0.39, 0.29) is 11.5 Å². The van der Waals surface area contributed by atoms with E-state index in [4.69, 9.17) is 4.74 Å². The summed E-state index contributed by atoms with van der Waals surface area (Å²) in [4.78, 5) is 0. The molecule has 1 aliphatic rings. The number of sulfone groups is 1. The van der Waals surface area contributed by atoms with Crippen LogP contribution in [-0.4, -0.2) is 27.0 Å². The van der Waals surface area contributed by atoms with Crippen molar-refractivity contribution < 1.29 is 13.2 Å². The van der Waals surface area contributed by atoms with Crippen molar-refractivity contribution in [2.24, 2.45) is 0 Å². The van der Waals surface area contributed by atoms with Crippen molar-refractivity contribution in [1.82, 2.24) is 0 Å². The predicted molar refractivity (Wildman–Crippen MR) is 59.6 cm³/mol. The summed E-state index contributed by atoms with van der Waals surface area (Å²) in [5.41, 5.74) is 1.72. The molecule has 2 rings (SSSR count). The third-order valence-electron chi connectivity index (χ3n) is 2.41. The number of para-hydroxylation sites is 1. The molecule has 0 radical (unpaired) electrons. The average molecular weight is 224 g/mol. The second-order valence-electron chi connectivity index (χ2n) is 3.48. The van der Waals surface area contributed by atoms with Gasteiger partial charge in [-0.3, -0.25) is 0 Å². The van der Waals surface area contributed by atoms with Crippen molar-refractivity contribution in [3.8, 4) is 5.75 Å². The fraction of sp³-hybridized carbons (Fsp3) is 0.273. The molecule has 0 amide bonds. The van der Waals surface area contributed by atoms with Crippen molar-refractivity contribution in [2.75, 3.05) is 18.6 Å². The lowest BCUT2D eigenvalue weighted by atomic mass is 10.1. The smallest absolute Gasteiger partial charge is 0.158 e. The second kappa shape index (κ2) is 3.70. The lowest BCUT2D eigenvalue weighted by Gasteiger charge is -2.07. The molecule has 0 aromatic heterocycles. The Bertz CT molecular complexity index is 500. The van der Waals surface area contributed by atoms with Gasteiger partial charge in [0, 0.05) is 5.56 Å². The summed E-state index contributed by atoms with van der Waals surface area (Å²) in [7, 11) is -1.33. The van der Waals surface area contributed by atoms with Gasteiger partial charge in [-0.2, -0.15) is 0 Å². The Morgan fingerprint density at radius 3 is 2.60 bits per heavy atom. The fourth-order valence-corrected chi connectivity index (χ4v) is 3.00. The molecule has 0 bridgehead atoms. The number of benzene rings is 1. The molecule has 0 saturated carbocycles. The monoisotopic (exact) mass is 224 g/mol. The van der Waals surface area contributed by atoms with Crippen LogP contribution in [0.1, 0.15) is 5.56 Å². The van der Waals surface area contributed by atoms with Gasteiger partial charge in [-0.15, -0.1) is 0 Å². The van der Waals surface area contributed by atoms with Crippen LogP contribution in [0.2, 0.25) is 0 Å². The molecule has 0 spiro atoms. The third kappa shape index (κ3) is 2.04. The zero-order chi connectivity index (χ0) is 10.9. The van der Waals surface area contributed by atoms with Gasteiger partial charge in [0.05, 0.1) is 18.6 Å². The van der Waals surface area contributed by atoms with E-state index in [1.165, 1.54) is 0 Å². The molecule has 0 saturated heterocycles. The first-order valence-corrected chi connectivity index (χ1v) is 6.47. The zero-order valence-corrected chi connectivity index (χ0v) is 9.25. The summed E-state index contributed by atoms with van der Waals surface area (Å²) in [5.74, 6) is 0.981. The molecule has 1 aromatic rings. The van der Waals surface area contributed by atoms with E-state index in [9.17, 15) is 8.42 Å². The molecule has 0 aliphatic carbocycles. The van der Waals surface area contributed by atoms with Gasteiger partial charge in [0.25, 0.3) is 0 Å². The van der Waals surface area contributed by atoms with Crippen LogP contribution in [0.4, 0.5) is 0 Å². The van der Waals surface area contributed by atoms with Crippen LogP contribution in [-0.2, 0) is 9.84 Å². The molecular formula is C11H12O3S. The van der Waals surface area contributed by atoms with E-state index in [2.05, 4.69) is 0 Å². The van der Waals surface area contributed by atoms with Gasteiger partial charge in [-0.1, -0.05) is 24.3 Å². The maximum atomic E-state index is 11.3. The molecule has 1 aliphatic heterocycles. The molecule has 1 heterocycles. The van der Waals surface area contributed by atoms with Crippen molar-refractivity contribution in [3.63, 3.8) is 0 Å². The maximum Gasteiger partial charge on any atom is 0.158 e. The molecule has 3 nitrogen and oxygen atoms in total. The number of hydrogen-bond acceptors (Lipinski definition) is 3. The average Bonchev–Trinajstić information content (AvgIpc) is 2.59. The predicted octanol–water partition coefficient (Wildman–Crippen LogP) is 1.51. The Hall–Kier alpha value is -1.29. The Kier molecular flexibility index (Phi) is 2.52. The Balaban J connectivity index is 2.39. The minimum absolute atomic E-state index is 0.118.